The van der Waals surface area contributed by atoms with Gasteiger partial charge in [-0.3, -0.25) is 10.1 Å². The third-order valence-corrected chi connectivity index (χ3v) is 4.35. The highest BCUT2D eigenvalue weighted by Gasteiger charge is 2.24. The minimum atomic E-state index is -0.339. The zero-order chi connectivity index (χ0) is 18.0. The van der Waals surface area contributed by atoms with Crippen LogP contribution in [0.2, 0.25) is 5.02 Å². The smallest absolute Gasteiger partial charge is 0.227 e. The van der Waals surface area contributed by atoms with Crippen LogP contribution in [0.3, 0.4) is 0 Å². The minimum absolute atomic E-state index is 0.139. The molecule has 0 bridgehead atoms. The van der Waals surface area contributed by atoms with Crippen LogP contribution in [-0.2, 0) is 10.2 Å². The average molecular weight is 353 g/mol. The number of nitriles is 1. The van der Waals surface area contributed by atoms with Crippen molar-refractivity contribution in [2.24, 2.45) is 0 Å². The number of aromatic nitrogens is 2. The summed E-state index contributed by atoms with van der Waals surface area (Å²) in [4.78, 5) is 19.8. The van der Waals surface area contributed by atoms with E-state index in [1.165, 1.54) is 0 Å². The van der Waals surface area contributed by atoms with Gasteiger partial charge in [-0.15, -0.1) is 0 Å². The van der Waals surface area contributed by atoms with Crippen molar-refractivity contribution in [2.75, 3.05) is 5.32 Å². The highest BCUT2D eigenvalue weighted by atomic mass is 35.5. The minimum Gasteiger partial charge on any atom is -0.324 e. The summed E-state index contributed by atoms with van der Waals surface area (Å²) in [5.41, 5.74) is 2.65. The Morgan fingerprint density at radius 3 is 2.68 bits per heavy atom. The molecule has 0 aliphatic heterocycles. The second-order valence-corrected chi connectivity index (χ2v) is 6.98. The second-order valence-electron chi connectivity index (χ2n) is 6.54. The first-order valence-electron chi connectivity index (χ1n) is 7.83. The Hall–Kier alpha value is -2.84. The topological polar surface area (TPSA) is 81.6 Å². The molecule has 0 fully saturated rings. The molecule has 126 valence electrons. The van der Waals surface area contributed by atoms with Crippen LogP contribution in [0.5, 0.6) is 0 Å². The van der Waals surface area contributed by atoms with E-state index in [1.54, 1.807) is 18.2 Å². The van der Waals surface area contributed by atoms with Crippen molar-refractivity contribution in [3.63, 3.8) is 0 Å². The number of benzene rings is 2. The fraction of sp³-hybridized carbons (Fsp3) is 0.211. The van der Waals surface area contributed by atoms with Crippen LogP contribution in [0.1, 0.15) is 31.4 Å². The lowest BCUT2D eigenvalue weighted by Gasteiger charge is -2.24. The van der Waals surface area contributed by atoms with Gasteiger partial charge in [0, 0.05) is 11.4 Å². The molecule has 0 saturated heterocycles. The van der Waals surface area contributed by atoms with Crippen LogP contribution in [0, 0.1) is 11.3 Å². The van der Waals surface area contributed by atoms with Gasteiger partial charge in [0.05, 0.1) is 22.7 Å². The summed E-state index contributed by atoms with van der Waals surface area (Å²) in [6.45, 7) is 4.02. The maximum atomic E-state index is 12.4. The molecule has 3 rings (SSSR count). The third kappa shape index (κ3) is 3.81. The van der Waals surface area contributed by atoms with Gasteiger partial charge in [0.1, 0.15) is 0 Å². The lowest BCUT2D eigenvalue weighted by Crippen LogP contribution is -2.26. The van der Waals surface area contributed by atoms with E-state index in [0.29, 0.717) is 34.0 Å². The number of fused-ring (bicyclic) bond motifs is 1. The van der Waals surface area contributed by atoms with Crippen LogP contribution in [0.4, 0.5) is 5.95 Å². The first-order chi connectivity index (χ1) is 11.9. The molecule has 0 aliphatic rings. The monoisotopic (exact) mass is 352 g/mol. The molecule has 1 heterocycles. The molecule has 0 saturated carbocycles. The van der Waals surface area contributed by atoms with Crippen molar-refractivity contribution in [1.82, 2.24) is 9.97 Å². The van der Waals surface area contributed by atoms with E-state index < -0.39 is 0 Å². The van der Waals surface area contributed by atoms with Crippen molar-refractivity contribution in [3.05, 3.63) is 58.6 Å². The summed E-state index contributed by atoms with van der Waals surface area (Å²) >= 11 is 5.92. The van der Waals surface area contributed by atoms with Gasteiger partial charge in [-0.2, -0.15) is 5.26 Å². The molecule has 2 N–H and O–H groups in total. The highest BCUT2D eigenvalue weighted by molar-refractivity contribution is 6.30. The van der Waals surface area contributed by atoms with E-state index in [0.717, 1.165) is 5.56 Å². The van der Waals surface area contributed by atoms with Gasteiger partial charge in [-0.05, 0) is 41.3 Å². The summed E-state index contributed by atoms with van der Waals surface area (Å²) < 4.78 is 0. The predicted octanol–water partition coefficient (Wildman–Crippen LogP) is 4.39. The van der Waals surface area contributed by atoms with Gasteiger partial charge in [0.2, 0.25) is 11.9 Å². The molecule has 5 nitrogen and oxygen atoms in total. The van der Waals surface area contributed by atoms with Crippen molar-refractivity contribution in [3.8, 4) is 6.07 Å². The number of carbonyl (C=O) groups is 1. The largest absolute Gasteiger partial charge is 0.324 e. The van der Waals surface area contributed by atoms with Crippen LogP contribution < -0.4 is 5.32 Å². The molecule has 6 heteroatoms. The molecule has 1 amide bonds. The van der Waals surface area contributed by atoms with E-state index in [2.05, 4.69) is 21.4 Å². The number of aromatic amines is 1. The molecule has 0 atom stereocenters. The highest BCUT2D eigenvalue weighted by Crippen LogP contribution is 2.28. The van der Waals surface area contributed by atoms with Gasteiger partial charge in [-0.25, -0.2) is 4.98 Å². The Morgan fingerprint density at radius 2 is 2.00 bits per heavy atom. The number of H-pyrrole nitrogens is 1. The van der Waals surface area contributed by atoms with E-state index in [-0.39, 0.29) is 11.3 Å². The second kappa shape index (κ2) is 6.58. The summed E-state index contributed by atoms with van der Waals surface area (Å²) in [6.07, 6.45) is 0.301. The summed E-state index contributed by atoms with van der Waals surface area (Å²) in [6, 6.07) is 14.7. The molecule has 1 aromatic heterocycles. The number of anilines is 1. The predicted molar refractivity (Wildman–Crippen MR) is 98.5 cm³/mol. The number of imidazole rings is 1. The fourth-order valence-electron chi connectivity index (χ4n) is 2.72. The van der Waals surface area contributed by atoms with Crippen molar-refractivity contribution in [2.45, 2.75) is 25.7 Å². The molecule has 0 aliphatic carbocycles. The molecule has 0 unspecified atom stereocenters. The zero-order valence-corrected chi connectivity index (χ0v) is 14.7. The van der Waals surface area contributed by atoms with E-state index in [1.807, 2.05) is 38.1 Å². The first kappa shape index (κ1) is 17.0. The van der Waals surface area contributed by atoms with E-state index in [4.69, 9.17) is 16.9 Å². The third-order valence-electron chi connectivity index (χ3n) is 4.10. The number of rotatable bonds is 4. The summed E-state index contributed by atoms with van der Waals surface area (Å²) in [5, 5.41) is 12.4. The Labute approximate surface area is 150 Å². The van der Waals surface area contributed by atoms with E-state index >= 15 is 0 Å². The Bertz CT molecular complexity index is 967. The molecule has 3 aromatic rings. The van der Waals surface area contributed by atoms with Gasteiger partial charge < -0.3 is 4.98 Å². The normalized spacial score (nSPS) is 11.3. The van der Waals surface area contributed by atoms with Gasteiger partial charge in [0.25, 0.3) is 0 Å². The van der Waals surface area contributed by atoms with Crippen LogP contribution >= 0.6 is 11.6 Å². The van der Waals surface area contributed by atoms with Gasteiger partial charge >= 0.3 is 0 Å². The number of amides is 1. The molecule has 0 spiro atoms. The lowest BCUT2D eigenvalue weighted by atomic mass is 9.81. The number of hydrogen-bond acceptors (Lipinski definition) is 3. The number of nitrogens with zero attached hydrogens (tertiary/aromatic N) is 2. The van der Waals surface area contributed by atoms with E-state index in [9.17, 15) is 4.79 Å². The van der Waals surface area contributed by atoms with Crippen LogP contribution in [0.15, 0.2) is 42.5 Å². The molecule has 2 aromatic carbocycles. The molecular weight excluding hydrogens is 336 g/mol. The van der Waals surface area contributed by atoms with Crippen molar-refractivity contribution >= 4 is 34.5 Å². The lowest BCUT2D eigenvalue weighted by molar-refractivity contribution is -0.117. The number of hydrogen-bond donors (Lipinski definition) is 2. The molecule has 25 heavy (non-hydrogen) atoms. The van der Waals surface area contributed by atoms with Gasteiger partial charge in [-0.1, -0.05) is 37.6 Å². The Balaban J connectivity index is 1.73. The summed E-state index contributed by atoms with van der Waals surface area (Å²) in [7, 11) is 0. The number of halogens is 1. The Kier molecular flexibility index (Phi) is 4.47. The quantitative estimate of drug-likeness (QED) is 0.730. The van der Waals surface area contributed by atoms with Crippen LogP contribution in [-0.4, -0.2) is 15.9 Å². The maximum absolute atomic E-state index is 12.4. The fourth-order valence-corrected chi connectivity index (χ4v) is 2.85. The maximum Gasteiger partial charge on any atom is 0.227 e. The number of nitrogens with one attached hydrogen (secondary N) is 2. The SMILES string of the molecule is CC(C)(CC(=O)Nc1nc2ccc(C#N)cc2[nH]1)c1ccc(Cl)cc1. The average Bonchev–Trinajstić information content (AvgIpc) is 2.95. The molecule has 0 radical (unpaired) electrons. The summed E-state index contributed by atoms with van der Waals surface area (Å²) in [5.74, 6) is 0.238. The van der Waals surface area contributed by atoms with Gasteiger partial charge in [0.15, 0.2) is 0 Å². The Morgan fingerprint density at radius 1 is 1.28 bits per heavy atom. The first-order valence-corrected chi connectivity index (χ1v) is 8.21. The van der Waals surface area contributed by atoms with Crippen LogP contribution in [0.25, 0.3) is 11.0 Å². The van der Waals surface area contributed by atoms with Crippen molar-refractivity contribution < 1.29 is 4.79 Å². The van der Waals surface area contributed by atoms with Crippen molar-refractivity contribution in [1.29, 1.82) is 5.26 Å². The standard InChI is InChI=1S/C19H17ClN4O/c1-19(2,13-4-6-14(20)7-5-13)10-17(25)24-18-22-15-8-3-12(11-21)9-16(15)23-18/h3-9H,10H2,1-2H3,(H2,22,23,24,25). The molecular formula is C19H17ClN4O. The zero-order valence-electron chi connectivity index (χ0n) is 13.9. The number of carbonyl (C=O) groups excluding carboxylic acids is 1.